The lowest BCUT2D eigenvalue weighted by molar-refractivity contribution is 0.302. The number of likely N-dealkylation sites (N-methyl/N-ethyl adjacent to an activating group) is 1. The van der Waals surface area contributed by atoms with E-state index >= 15 is 0 Å². The lowest BCUT2D eigenvalue weighted by atomic mass is 10.1. The topological polar surface area (TPSA) is 35.5 Å². The molecule has 0 unspecified atom stereocenters. The normalized spacial score (nSPS) is 11.6. The second-order valence-corrected chi connectivity index (χ2v) is 5.54. The molecule has 3 heteroatoms. The first kappa shape index (κ1) is 15.0. The molecule has 0 aliphatic heterocycles. The van der Waals surface area contributed by atoms with Crippen molar-refractivity contribution in [2.24, 2.45) is 0 Å². The minimum Gasteiger partial charge on any atom is -0.395 e. The molecule has 0 atom stereocenters. The summed E-state index contributed by atoms with van der Waals surface area (Å²) in [5.74, 6) is 0. The standard InChI is InChI=1S/C15H26N2O/c1-5-17(10-11-18)14-9-7-6-8-13(14)12-16-15(2,3)4/h6-9,16,18H,5,10-12H2,1-4H3. The Bertz CT molecular complexity index is 358. The van der Waals surface area contributed by atoms with Gasteiger partial charge in [0.1, 0.15) is 0 Å². The van der Waals surface area contributed by atoms with Crippen LogP contribution >= 0.6 is 0 Å². The van der Waals surface area contributed by atoms with Gasteiger partial charge in [-0.2, -0.15) is 0 Å². The predicted octanol–water partition coefficient (Wildman–Crippen LogP) is 2.39. The van der Waals surface area contributed by atoms with Crippen molar-refractivity contribution in [3.05, 3.63) is 29.8 Å². The zero-order valence-corrected chi connectivity index (χ0v) is 12.0. The third-order valence-electron chi connectivity index (χ3n) is 2.89. The first-order valence-corrected chi connectivity index (χ1v) is 6.66. The number of rotatable bonds is 6. The van der Waals surface area contributed by atoms with Crippen molar-refractivity contribution in [3.8, 4) is 0 Å². The molecule has 102 valence electrons. The van der Waals surface area contributed by atoms with Gasteiger partial charge in [-0.05, 0) is 39.3 Å². The highest BCUT2D eigenvalue weighted by Crippen LogP contribution is 2.20. The number of nitrogens with zero attached hydrogens (tertiary/aromatic N) is 1. The molecular formula is C15H26N2O. The molecule has 0 amide bonds. The molecule has 0 aliphatic rings. The van der Waals surface area contributed by atoms with Crippen molar-refractivity contribution in [2.75, 3.05) is 24.6 Å². The summed E-state index contributed by atoms with van der Waals surface area (Å²) in [4.78, 5) is 2.21. The Balaban J connectivity index is 2.84. The van der Waals surface area contributed by atoms with Crippen molar-refractivity contribution in [3.63, 3.8) is 0 Å². The van der Waals surface area contributed by atoms with E-state index in [2.05, 4.69) is 62.2 Å². The second-order valence-electron chi connectivity index (χ2n) is 5.54. The van der Waals surface area contributed by atoms with Gasteiger partial charge in [0.05, 0.1) is 6.61 Å². The maximum atomic E-state index is 9.12. The molecule has 0 aromatic heterocycles. The smallest absolute Gasteiger partial charge is 0.0606 e. The summed E-state index contributed by atoms with van der Waals surface area (Å²) < 4.78 is 0. The molecule has 1 rings (SSSR count). The highest BCUT2D eigenvalue weighted by atomic mass is 16.3. The zero-order chi connectivity index (χ0) is 13.6. The fourth-order valence-electron chi connectivity index (χ4n) is 1.90. The first-order chi connectivity index (χ1) is 8.48. The quantitative estimate of drug-likeness (QED) is 0.814. The Labute approximate surface area is 111 Å². The van der Waals surface area contributed by atoms with E-state index in [1.54, 1.807) is 0 Å². The van der Waals surface area contributed by atoms with E-state index in [9.17, 15) is 0 Å². The van der Waals surface area contributed by atoms with Crippen LogP contribution in [-0.2, 0) is 6.54 Å². The molecule has 0 saturated carbocycles. The molecule has 2 N–H and O–H groups in total. The molecule has 1 aromatic rings. The van der Waals surface area contributed by atoms with Crippen LogP contribution in [0.15, 0.2) is 24.3 Å². The molecular weight excluding hydrogens is 224 g/mol. The van der Waals surface area contributed by atoms with Crippen LogP contribution in [0.4, 0.5) is 5.69 Å². The van der Waals surface area contributed by atoms with Gasteiger partial charge in [-0.3, -0.25) is 0 Å². The molecule has 0 radical (unpaired) electrons. The van der Waals surface area contributed by atoms with Gasteiger partial charge in [-0.1, -0.05) is 18.2 Å². The summed E-state index contributed by atoms with van der Waals surface area (Å²) in [6.07, 6.45) is 0. The van der Waals surface area contributed by atoms with E-state index in [1.807, 2.05) is 0 Å². The fraction of sp³-hybridized carbons (Fsp3) is 0.600. The van der Waals surface area contributed by atoms with E-state index < -0.39 is 0 Å². The Hall–Kier alpha value is -1.06. The Morgan fingerprint density at radius 2 is 1.89 bits per heavy atom. The maximum Gasteiger partial charge on any atom is 0.0606 e. The summed E-state index contributed by atoms with van der Waals surface area (Å²) >= 11 is 0. The number of benzene rings is 1. The Morgan fingerprint density at radius 3 is 2.44 bits per heavy atom. The lowest BCUT2D eigenvalue weighted by Gasteiger charge is -2.27. The summed E-state index contributed by atoms with van der Waals surface area (Å²) in [5, 5.41) is 12.6. The molecule has 0 aliphatic carbocycles. The Kier molecular flexibility index (Phi) is 5.63. The SMILES string of the molecule is CCN(CCO)c1ccccc1CNC(C)(C)C. The van der Waals surface area contributed by atoms with Gasteiger partial charge in [0.2, 0.25) is 0 Å². The highest BCUT2D eigenvalue weighted by molar-refractivity contribution is 5.53. The van der Waals surface area contributed by atoms with Crippen LogP contribution in [0.3, 0.4) is 0 Å². The number of hydrogen-bond donors (Lipinski definition) is 2. The van der Waals surface area contributed by atoms with E-state index in [-0.39, 0.29) is 12.1 Å². The summed E-state index contributed by atoms with van der Waals surface area (Å²) in [7, 11) is 0. The van der Waals surface area contributed by atoms with Crippen LogP contribution in [0, 0.1) is 0 Å². The molecule has 3 nitrogen and oxygen atoms in total. The predicted molar refractivity (Wildman–Crippen MR) is 78.0 cm³/mol. The molecule has 18 heavy (non-hydrogen) atoms. The number of hydrogen-bond acceptors (Lipinski definition) is 3. The van der Waals surface area contributed by atoms with Crippen molar-refractivity contribution in [2.45, 2.75) is 39.8 Å². The molecule has 0 bridgehead atoms. The Morgan fingerprint density at radius 1 is 1.22 bits per heavy atom. The van der Waals surface area contributed by atoms with E-state index in [0.717, 1.165) is 13.1 Å². The third kappa shape index (κ3) is 4.67. The zero-order valence-electron chi connectivity index (χ0n) is 12.0. The van der Waals surface area contributed by atoms with Crippen LogP contribution in [0.1, 0.15) is 33.3 Å². The number of nitrogens with one attached hydrogen (secondary N) is 1. The second kappa shape index (κ2) is 6.76. The molecule has 0 spiro atoms. The molecule has 1 aromatic carbocycles. The van der Waals surface area contributed by atoms with Crippen molar-refractivity contribution in [1.29, 1.82) is 0 Å². The van der Waals surface area contributed by atoms with Crippen molar-refractivity contribution >= 4 is 5.69 Å². The number of aliphatic hydroxyl groups excluding tert-OH is 1. The largest absolute Gasteiger partial charge is 0.395 e. The number of para-hydroxylation sites is 1. The maximum absolute atomic E-state index is 9.12. The van der Waals surface area contributed by atoms with Crippen LogP contribution in [0.25, 0.3) is 0 Å². The summed E-state index contributed by atoms with van der Waals surface area (Å²) in [5.41, 5.74) is 2.61. The minimum atomic E-state index is 0.112. The fourth-order valence-corrected chi connectivity index (χ4v) is 1.90. The van der Waals surface area contributed by atoms with Gasteiger partial charge in [-0.15, -0.1) is 0 Å². The molecule has 0 heterocycles. The van der Waals surface area contributed by atoms with E-state index in [4.69, 9.17) is 5.11 Å². The summed E-state index contributed by atoms with van der Waals surface area (Å²) in [6.45, 7) is 11.2. The van der Waals surface area contributed by atoms with Gasteiger partial charge < -0.3 is 15.3 Å². The van der Waals surface area contributed by atoms with Gasteiger partial charge >= 0.3 is 0 Å². The molecule has 0 fully saturated rings. The van der Waals surface area contributed by atoms with Crippen molar-refractivity contribution < 1.29 is 5.11 Å². The van der Waals surface area contributed by atoms with Gasteiger partial charge in [0.25, 0.3) is 0 Å². The monoisotopic (exact) mass is 250 g/mol. The van der Waals surface area contributed by atoms with Crippen molar-refractivity contribution in [1.82, 2.24) is 5.32 Å². The van der Waals surface area contributed by atoms with E-state index in [1.165, 1.54) is 11.3 Å². The van der Waals surface area contributed by atoms with Gasteiger partial charge in [-0.25, -0.2) is 0 Å². The van der Waals surface area contributed by atoms with Gasteiger partial charge in [0.15, 0.2) is 0 Å². The number of anilines is 1. The van der Waals surface area contributed by atoms with Crippen LogP contribution in [-0.4, -0.2) is 30.3 Å². The lowest BCUT2D eigenvalue weighted by Crippen LogP contribution is -2.36. The van der Waals surface area contributed by atoms with E-state index in [0.29, 0.717) is 6.54 Å². The van der Waals surface area contributed by atoms with Crippen LogP contribution in [0.2, 0.25) is 0 Å². The first-order valence-electron chi connectivity index (χ1n) is 6.66. The average molecular weight is 250 g/mol. The van der Waals surface area contributed by atoms with Crippen LogP contribution in [0.5, 0.6) is 0 Å². The van der Waals surface area contributed by atoms with Crippen LogP contribution < -0.4 is 10.2 Å². The van der Waals surface area contributed by atoms with Gasteiger partial charge in [0, 0.05) is 30.9 Å². The highest BCUT2D eigenvalue weighted by Gasteiger charge is 2.12. The summed E-state index contributed by atoms with van der Waals surface area (Å²) in [6, 6.07) is 8.39. The third-order valence-corrected chi connectivity index (χ3v) is 2.89. The molecule has 0 saturated heterocycles. The average Bonchev–Trinajstić information content (AvgIpc) is 2.33. The minimum absolute atomic E-state index is 0.112. The number of aliphatic hydroxyl groups is 1.